The Morgan fingerprint density at radius 3 is 3.00 bits per heavy atom. The Kier molecular flexibility index (Phi) is 4.67. The molecule has 3 unspecified atom stereocenters. The van der Waals surface area contributed by atoms with Crippen LogP contribution in [0, 0.1) is 24.7 Å². The summed E-state index contributed by atoms with van der Waals surface area (Å²) in [4.78, 5) is 11.8. The van der Waals surface area contributed by atoms with Gasteiger partial charge in [0.1, 0.15) is 5.75 Å². The third-order valence-electron chi connectivity index (χ3n) is 4.74. The summed E-state index contributed by atoms with van der Waals surface area (Å²) in [7, 11) is 0. The molecular weight excluding hydrogens is 300 g/mol. The van der Waals surface area contributed by atoms with Crippen molar-refractivity contribution in [3.8, 4) is 5.75 Å². The van der Waals surface area contributed by atoms with E-state index in [9.17, 15) is 4.79 Å². The molecule has 0 aromatic heterocycles. The van der Waals surface area contributed by atoms with Crippen LogP contribution in [0.5, 0.6) is 5.75 Å². The van der Waals surface area contributed by atoms with E-state index in [0.717, 1.165) is 17.4 Å². The molecule has 2 fully saturated rings. The number of nitrogens with one attached hydrogen (secondary N) is 1. The fraction of sp³-hybridized carbons (Fsp3) is 0.529. The lowest BCUT2D eigenvalue weighted by molar-refractivity contribution is -0.123. The van der Waals surface area contributed by atoms with Crippen LogP contribution in [0.4, 0.5) is 0 Å². The van der Waals surface area contributed by atoms with Crippen molar-refractivity contribution in [2.75, 3.05) is 6.61 Å². The van der Waals surface area contributed by atoms with Crippen LogP contribution in [0.2, 0.25) is 5.02 Å². The van der Waals surface area contributed by atoms with E-state index in [2.05, 4.69) is 10.5 Å². The van der Waals surface area contributed by atoms with Gasteiger partial charge < -0.3 is 4.74 Å². The number of halogens is 1. The molecule has 118 valence electrons. The number of hydrogen-bond donors (Lipinski definition) is 1. The van der Waals surface area contributed by atoms with Gasteiger partial charge in [-0.1, -0.05) is 18.0 Å². The van der Waals surface area contributed by atoms with Crippen molar-refractivity contribution < 1.29 is 9.53 Å². The van der Waals surface area contributed by atoms with Crippen molar-refractivity contribution in [1.82, 2.24) is 5.43 Å². The molecule has 1 aromatic rings. The molecule has 1 aromatic carbocycles. The first-order chi connectivity index (χ1) is 10.6. The minimum absolute atomic E-state index is 0.0451. The van der Waals surface area contributed by atoms with Crippen LogP contribution in [0.25, 0.3) is 0 Å². The summed E-state index contributed by atoms with van der Waals surface area (Å²) >= 11 is 5.88. The minimum atomic E-state index is -0.242. The number of nitrogens with zero attached hydrogens (tertiary/aromatic N) is 1. The summed E-state index contributed by atoms with van der Waals surface area (Å²) in [5, 5.41) is 4.75. The van der Waals surface area contributed by atoms with Gasteiger partial charge in [0, 0.05) is 11.2 Å². The fourth-order valence-electron chi connectivity index (χ4n) is 3.63. The van der Waals surface area contributed by atoms with E-state index in [1.807, 2.05) is 19.2 Å². The van der Waals surface area contributed by atoms with Crippen LogP contribution in [-0.2, 0) is 4.79 Å². The minimum Gasteiger partial charge on any atom is -0.483 e. The monoisotopic (exact) mass is 320 g/mol. The highest BCUT2D eigenvalue weighted by molar-refractivity contribution is 6.30. The molecule has 0 radical (unpaired) electrons. The molecule has 4 nitrogen and oxygen atoms in total. The Morgan fingerprint density at radius 1 is 1.45 bits per heavy atom. The largest absolute Gasteiger partial charge is 0.483 e. The Hall–Kier alpha value is -1.55. The third kappa shape index (κ3) is 3.61. The highest BCUT2D eigenvalue weighted by atomic mass is 35.5. The van der Waals surface area contributed by atoms with Crippen molar-refractivity contribution in [3.63, 3.8) is 0 Å². The SMILES string of the molecule is Cc1cc(Cl)ccc1OCC(=O)N/N=C/C1CC2CCC1C2. The Morgan fingerprint density at radius 2 is 2.32 bits per heavy atom. The van der Waals surface area contributed by atoms with Crippen LogP contribution in [-0.4, -0.2) is 18.7 Å². The van der Waals surface area contributed by atoms with Crippen molar-refractivity contribution in [1.29, 1.82) is 0 Å². The molecule has 2 aliphatic carbocycles. The lowest BCUT2D eigenvalue weighted by Gasteiger charge is -2.16. The number of amides is 1. The molecule has 3 rings (SSSR count). The smallest absolute Gasteiger partial charge is 0.277 e. The first-order valence-electron chi connectivity index (χ1n) is 7.83. The van der Waals surface area contributed by atoms with Gasteiger partial charge in [0.05, 0.1) is 0 Å². The summed E-state index contributed by atoms with van der Waals surface area (Å²) in [5.41, 5.74) is 3.46. The number of hydrogen-bond acceptors (Lipinski definition) is 3. The van der Waals surface area contributed by atoms with E-state index in [-0.39, 0.29) is 12.5 Å². The molecule has 0 heterocycles. The average Bonchev–Trinajstić information content (AvgIpc) is 3.09. The van der Waals surface area contributed by atoms with Gasteiger partial charge in [-0.15, -0.1) is 0 Å². The van der Waals surface area contributed by atoms with Gasteiger partial charge in [-0.05, 0) is 67.7 Å². The molecule has 2 saturated carbocycles. The summed E-state index contributed by atoms with van der Waals surface area (Å²) in [6, 6.07) is 5.32. The second-order valence-corrected chi connectivity index (χ2v) is 6.79. The number of fused-ring (bicyclic) bond motifs is 2. The van der Waals surface area contributed by atoms with Gasteiger partial charge in [0.15, 0.2) is 6.61 Å². The Labute approximate surface area is 135 Å². The highest BCUT2D eigenvalue weighted by Gasteiger charge is 2.38. The van der Waals surface area contributed by atoms with Gasteiger partial charge >= 0.3 is 0 Å². The maximum atomic E-state index is 11.8. The molecule has 0 spiro atoms. The summed E-state index contributed by atoms with van der Waals surface area (Å²) in [6.07, 6.45) is 7.16. The number of carbonyl (C=O) groups is 1. The van der Waals surface area contributed by atoms with Crippen molar-refractivity contribution in [2.24, 2.45) is 22.9 Å². The molecular formula is C17H21ClN2O2. The maximum Gasteiger partial charge on any atom is 0.277 e. The number of carbonyl (C=O) groups excluding carboxylic acids is 1. The molecule has 0 aliphatic heterocycles. The van der Waals surface area contributed by atoms with Crippen LogP contribution < -0.4 is 10.2 Å². The predicted octanol–water partition coefficient (Wildman–Crippen LogP) is 3.57. The Bertz CT molecular complexity index is 588. The molecule has 1 N–H and O–H groups in total. The van der Waals surface area contributed by atoms with Gasteiger partial charge in [0.25, 0.3) is 5.91 Å². The zero-order chi connectivity index (χ0) is 15.5. The first-order valence-corrected chi connectivity index (χ1v) is 8.20. The molecule has 3 atom stereocenters. The highest BCUT2D eigenvalue weighted by Crippen LogP contribution is 2.47. The van der Waals surface area contributed by atoms with Crippen LogP contribution >= 0.6 is 11.6 Å². The number of ether oxygens (including phenoxy) is 1. The maximum absolute atomic E-state index is 11.8. The predicted molar refractivity (Wildman–Crippen MR) is 87.3 cm³/mol. The molecule has 1 amide bonds. The second kappa shape index (κ2) is 6.69. The van der Waals surface area contributed by atoms with Crippen LogP contribution in [0.1, 0.15) is 31.2 Å². The normalized spacial score (nSPS) is 26.5. The average molecular weight is 321 g/mol. The molecule has 22 heavy (non-hydrogen) atoms. The number of benzene rings is 1. The van der Waals surface area contributed by atoms with Gasteiger partial charge in [-0.2, -0.15) is 5.10 Å². The standard InChI is InChI=1S/C17H21ClN2O2/c1-11-6-15(18)4-5-16(11)22-10-17(21)20-19-9-14-8-12-2-3-13(14)7-12/h4-6,9,12-14H,2-3,7-8,10H2,1H3,(H,20,21)/b19-9+. The third-order valence-corrected chi connectivity index (χ3v) is 4.98. The van der Waals surface area contributed by atoms with Gasteiger partial charge in [-0.25, -0.2) is 5.43 Å². The quantitative estimate of drug-likeness (QED) is 0.666. The number of hydrazone groups is 1. The fourth-order valence-corrected chi connectivity index (χ4v) is 3.86. The number of aryl methyl sites for hydroxylation is 1. The summed E-state index contributed by atoms with van der Waals surface area (Å²) in [6.45, 7) is 1.85. The first kappa shape index (κ1) is 15.3. The van der Waals surface area contributed by atoms with E-state index in [0.29, 0.717) is 16.7 Å². The summed E-state index contributed by atoms with van der Waals surface area (Å²) in [5.74, 6) is 2.62. The van der Waals surface area contributed by atoms with E-state index < -0.39 is 0 Å². The molecule has 5 heteroatoms. The van der Waals surface area contributed by atoms with Crippen LogP contribution in [0.3, 0.4) is 0 Å². The van der Waals surface area contributed by atoms with E-state index in [1.54, 1.807) is 12.1 Å². The lowest BCUT2D eigenvalue weighted by Crippen LogP contribution is -2.25. The molecule has 2 aliphatic rings. The van der Waals surface area contributed by atoms with E-state index >= 15 is 0 Å². The van der Waals surface area contributed by atoms with E-state index in [1.165, 1.54) is 25.7 Å². The van der Waals surface area contributed by atoms with Crippen molar-refractivity contribution >= 4 is 23.7 Å². The van der Waals surface area contributed by atoms with Gasteiger partial charge in [-0.3, -0.25) is 4.79 Å². The number of rotatable bonds is 5. The lowest BCUT2D eigenvalue weighted by atomic mass is 9.90. The zero-order valence-corrected chi connectivity index (χ0v) is 13.5. The van der Waals surface area contributed by atoms with Crippen molar-refractivity contribution in [3.05, 3.63) is 28.8 Å². The zero-order valence-electron chi connectivity index (χ0n) is 12.7. The second-order valence-electron chi connectivity index (χ2n) is 6.35. The Balaban J connectivity index is 1.43. The van der Waals surface area contributed by atoms with Crippen molar-refractivity contribution in [2.45, 2.75) is 32.6 Å². The van der Waals surface area contributed by atoms with Crippen LogP contribution in [0.15, 0.2) is 23.3 Å². The van der Waals surface area contributed by atoms with Gasteiger partial charge in [0.2, 0.25) is 0 Å². The van der Waals surface area contributed by atoms with E-state index in [4.69, 9.17) is 16.3 Å². The molecule has 0 saturated heterocycles. The topological polar surface area (TPSA) is 50.7 Å². The molecule has 2 bridgehead atoms. The summed E-state index contributed by atoms with van der Waals surface area (Å²) < 4.78 is 5.48.